The standard InChI is InChI=1S/C17H20FNO3/c18-15-10-8-14(9-11-15)4-1-7-17(20)19-22-13-3-6-16-5-2-12-21-16/h2,5,8-12H,1,3-4,6-7,13H2,(H,19,20). The Morgan fingerprint density at radius 3 is 2.68 bits per heavy atom. The predicted octanol–water partition coefficient (Wildman–Crippen LogP) is 3.42. The molecule has 1 heterocycles. The number of halogens is 1. The third-order valence-electron chi connectivity index (χ3n) is 3.22. The van der Waals surface area contributed by atoms with Crippen LogP contribution in [-0.4, -0.2) is 12.5 Å². The van der Waals surface area contributed by atoms with E-state index in [9.17, 15) is 9.18 Å². The molecule has 0 fully saturated rings. The van der Waals surface area contributed by atoms with Crippen molar-refractivity contribution in [2.45, 2.75) is 32.1 Å². The third kappa shape index (κ3) is 6.10. The topological polar surface area (TPSA) is 51.5 Å². The molecule has 0 aliphatic rings. The summed E-state index contributed by atoms with van der Waals surface area (Å²) >= 11 is 0. The van der Waals surface area contributed by atoms with Crippen molar-refractivity contribution in [2.75, 3.05) is 6.61 Å². The quantitative estimate of drug-likeness (QED) is 0.570. The maximum atomic E-state index is 12.7. The van der Waals surface area contributed by atoms with Gasteiger partial charge in [0.15, 0.2) is 0 Å². The molecule has 0 bridgehead atoms. The van der Waals surface area contributed by atoms with Gasteiger partial charge in [0.25, 0.3) is 0 Å². The van der Waals surface area contributed by atoms with Gasteiger partial charge in [-0.05, 0) is 49.1 Å². The average molecular weight is 305 g/mol. The Morgan fingerprint density at radius 1 is 1.14 bits per heavy atom. The van der Waals surface area contributed by atoms with Crippen LogP contribution in [0.25, 0.3) is 0 Å². The molecule has 1 aromatic carbocycles. The lowest BCUT2D eigenvalue weighted by molar-refractivity contribution is -0.133. The fourth-order valence-corrected chi connectivity index (χ4v) is 2.06. The number of aryl methyl sites for hydroxylation is 2. The summed E-state index contributed by atoms with van der Waals surface area (Å²) < 4.78 is 17.9. The molecule has 1 amide bonds. The Hall–Kier alpha value is -2.14. The van der Waals surface area contributed by atoms with Gasteiger partial charge in [-0.15, -0.1) is 0 Å². The summed E-state index contributed by atoms with van der Waals surface area (Å²) in [5, 5.41) is 0. The molecule has 0 radical (unpaired) electrons. The number of carbonyl (C=O) groups is 1. The van der Waals surface area contributed by atoms with Crippen molar-refractivity contribution in [1.29, 1.82) is 0 Å². The first-order chi connectivity index (χ1) is 10.7. The van der Waals surface area contributed by atoms with Crippen LogP contribution in [0.1, 0.15) is 30.6 Å². The van der Waals surface area contributed by atoms with Crippen molar-refractivity contribution < 1.29 is 18.4 Å². The molecule has 0 saturated carbocycles. The van der Waals surface area contributed by atoms with Crippen molar-refractivity contribution in [2.24, 2.45) is 0 Å². The second-order valence-corrected chi connectivity index (χ2v) is 5.04. The summed E-state index contributed by atoms with van der Waals surface area (Å²) in [7, 11) is 0. The summed E-state index contributed by atoms with van der Waals surface area (Å²) in [6.45, 7) is 0.449. The van der Waals surface area contributed by atoms with Gasteiger partial charge >= 0.3 is 0 Å². The summed E-state index contributed by atoms with van der Waals surface area (Å²) in [4.78, 5) is 16.7. The molecule has 0 spiro atoms. The van der Waals surface area contributed by atoms with Crippen LogP contribution >= 0.6 is 0 Å². The van der Waals surface area contributed by atoms with Gasteiger partial charge in [0, 0.05) is 12.8 Å². The van der Waals surface area contributed by atoms with Gasteiger partial charge in [-0.3, -0.25) is 9.63 Å². The highest BCUT2D eigenvalue weighted by atomic mass is 19.1. The number of furan rings is 1. The summed E-state index contributed by atoms with van der Waals surface area (Å²) in [6.07, 6.45) is 5.03. The Kier molecular flexibility index (Phi) is 6.64. The third-order valence-corrected chi connectivity index (χ3v) is 3.22. The van der Waals surface area contributed by atoms with Crippen molar-refractivity contribution in [3.63, 3.8) is 0 Å². The highest BCUT2D eigenvalue weighted by Gasteiger charge is 2.02. The molecule has 22 heavy (non-hydrogen) atoms. The number of carbonyl (C=O) groups excluding carboxylic acids is 1. The number of nitrogens with one attached hydrogen (secondary N) is 1. The molecule has 118 valence electrons. The monoisotopic (exact) mass is 305 g/mol. The van der Waals surface area contributed by atoms with E-state index in [0.29, 0.717) is 19.4 Å². The van der Waals surface area contributed by atoms with E-state index in [4.69, 9.17) is 9.25 Å². The van der Waals surface area contributed by atoms with Crippen LogP contribution < -0.4 is 5.48 Å². The van der Waals surface area contributed by atoms with Gasteiger partial charge < -0.3 is 4.42 Å². The van der Waals surface area contributed by atoms with E-state index in [1.54, 1.807) is 18.4 Å². The highest BCUT2D eigenvalue weighted by Crippen LogP contribution is 2.07. The van der Waals surface area contributed by atoms with E-state index >= 15 is 0 Å². The van der Waals surface area contributed by atoms with E-state index < -0.39 is 0 Å². The fourth-order valence-electron chi connectivity index (χ4n) is 2.06. The first kappa shape index (κ1) is 16.2. The minimum atomic E-state index is -0.246. The molecule has 4 nitrogen and oxygen atoms in total. The van der Waals surface area contributed by atoms with Crippen LogP contribution in [-0.2, 0) is 22.5 Å². The molecule has 0 saturated heterocycles. The number of hydrogen-bond donors (Lipinski definition) is 1. The minimum Gasteiger partial charge on any atom is -0.469 e. The Morgan fingerprint density at radius 2 is 1.95 bits per heavy atom. The van der Waals surface area contributed by atoms with Gasteiger partial charge in [-0.1, -0.05) is 12.1 Å². The van der Waals surface area contributed by atoms with Crippen molar-refractivity contribution in [1.82, 2.24) is 5.48 Å². The van der Waals surface area contributed by atoms with E-state index in [1.165, 1.54) is 12.1 Å². The Bertz CT molecular complexity index is 552. The molecule has 1 N–H and O–H groups in total. The van der Waals surface area contributed by atoms with Gasteiger partial charge in [0.2, 0.25) is 5.91 Å². The van der Waals surface area contributed by atoms with Gasteiger partial charge in [0.1, 0.15) is 11.6 Å². The second kappa shape index (κ2) is 9.00. The number of hydroxylamine groups is 1. The fraction of sp³-hybridized carbons (Fsp3) is 0.353. The lowest BCUT2D eigenvalue weighted by atomic mass is 10.1. The van der Waals surface area contributed by atoms with Crippen molar-refractivity contribution in [3.05, 3.63) is 59.8 Å². The predicted molar refractivity (Wildman–Crippen MR) is 80.5 cm³/mol. The summed E-state index contributed by atoms with van der Waals surface area (Å²) in [5.74, 6) is 0.527. The van der Waals surface area contributed by atoms with E-state index in [-0.39, 0.29) is 11.7 Å². The minimum absolute atomic E-state index is 0.139. The molecule has 2 rings (SSSR count). The van der Waals surface area contributed by atoms with E-state index in [2.05, 4.69) is 5.48 Å². The molecule has 0 atom stereocenters. The maximum absolute atomic E-state index is 12.7. The van der Waals surface area contributed by atoms with E-state index in [1.807, 2.05) is 12.1 Å². The number of amides is 1. The Balaban J connectivity index is 1.50. The van der Waals surface area contributed by atoms with Crippen molar-refractivity contribution in [3.8, 4) is 0 Å². The SMILES string of the molecule is O=C(CCCc1ccc(F)cc1)NOCCCc1ccco1. The molecule has 0 aliphatic heterocycles. The molecular weight excluding hydrogens is 285 g/mol. The lowest BCUT2D eigenvalue weighted by Gasteiger charge is -2.05. The number of hydrogen-bond acceptors (Lipinski definition) is 3. The van der Waals surface area contributed by atoms with Gasteiger partial charge in [-0.2, -0.15) is 0 Å². The highest BCUT2D eigenvalue weighted by molar-refractivity contribution is 5.74. The van der Waals surface area contributed by atoms with Crippen LogP contribution in [0.5, 0.6) is 0 Å². The maximum Gasteiger partial charge on any atom is 0.243 e. The van der Waals surface area contributed by atoms with Crippen LogP contribution in [0, 0.1) is 5.82 Å². The summed E-state index contributed by atoms with van der Waals surface area (Å²) in [6, 6.07) is 10.1. The lowest BCUT2D eigenvalue weighted by Crippen LogP contribution is -2.24. The second-order valence-electron chi connectivity index (χ2n) is 5.04. The normalized spacial score (nSPS) is 10.6. The van der Waals surface area contributed by atoms with E-state index in [0.717, 1.165) is 30.6 Å². The zero-order valence-electron chi connectivity index (χ0n) is 12.4. The average Bonchev–Trinajstić information content (AvgIpc) is 3.02. The number of benzene rings is 1. The molecule has 0 aliphatic carbocycles. The molecule has 2 aromatic rings. The molecule has 5 heteroatoms. The van der Waals surface area contributed by atoms with Gasteiger partial charge in [-0.25, -0.2) is 9.87 Å². The van der Waals surface area contributed by atoms with Gasteiger partial charge in [0.05, 0.1) is 12.9 Å². The zero-order chi connectivity index (χ0) is 15.6. The number of rotatable bonds is 9. The smallest absolute Gasteiger partial charge is 0.243 e. The first-order valence-electron chi connectivity index (χ1n) is 7.41. The van der Waals surface area contributed by atoms with Crippen LogP contribution in [0.4, 0.5) is 4.39 Å². The zero-order valence-corrected chi connectivity index (χ0v) is 12.4. The van der Waals surface area contributed by atoms with Crippen LogP contribution in [0.2, 0.25) is 0 Å². The van der Waals surface area contributed by atoms with Crippen molar-refractivity contribution >= 4 is 5.91 Å². The van der Waals surface area contributed by atoms with Crippen LogP contribution in [0.15, 0.2) is 47.1 Å². The largest absolute Gasteiger partial charge is 0.469 e. The molecular formula is C17H20FNO3. The van der Waals surface area contributed by atoms with Crippen LogP contribution in [0.3, 0.4) is 0 Å². The summed E-state index contributed by atoms with van der Waals surface area (Å²) in [5.41, 5.74) is 3.45. The molecule has 1 aromatic heterocycles. The first-order valence-corrected chi connectivity index (χ1v) is 7.41. The Labute approximate surface area is 129 Å². The molecule has 0 unspecified atom stereocenters.